The number of fused-ring (bicyclic) bond motifs is 1. The van der Waals surface area contributed by atoms with Gasteiger partial charge >= 0.3 is 0 Å². The molecule has 30 heavy (non-hydrogen) atoms. The van der Waals surface area contributed by atoms with Crippen LogP contribution in [-0.2, 0) is 4.79 Å². The van der Waals surface area contributed by atoms with E-state index in [0.29, 0.717) is 41.1 Å². The van der Waals surface area contributed by atoms with Crippen molar-refractivity contribution in [2.24, 2.45) is 0 Å². The van der Waals surface area contributed by atoms with Crippen LogP contribution in [0.2, 0.25) is 5.02 Å². The molecule has 1 N–H and O–H groups in total. The zero-order valence-electron chi connectivity index (χ0n) is 16.4. The third-order valence-electron chi connectivity index (χ3n) is 4.88. The Labute approximate surface area is 179 Å². The zero-order chi connectivity index (χ0) is 21.1. The molecule has 2 heterocycles. The Balaban J connectivity index is 1.76. The molecule has 0 aliphatic carbocycles. The van der Waals surface area contributed by atoms with Crippen molar-refractivity contribution >= 4 is 23.3 Å². The smallest absolute Gasteiger partial charge is 0.226 e. The van der Waals surface area contributed by atoms with Gasteiger partial charge in [-0.05, 0) is 36.8 Å². The number of benzene rings is 2. The predicted octanol–water partition coefficient (Wildman–Crippen LogP) is 4.41. The van der Waals surface area contributed by atoms with Gasteiger partial charge in [-0.25, -0.2) is 4.68 Å². The third kappa shape index (κ3) is 3.72. The number of para-hydroxylation sites is 1. The Morgan fingerprint density at radius 1 is 1.27 bits per heavy atom. The van der Waals surface area contributed by atoms with Crippen molar-refractivity contribution in [3.63, 3.8) is 0 Å². The number of aromatic nitrogens is 2. The molecule has 6 nitrogen and oxygen atoms in total. The van der Waals surface area contributed by atoms with E-state index in [9.17, 15) is 4.79 Å². The molecule has 1 aliphatic heterocycles. The van der Waals surface area contributed by atoms with Gasteiger partial charge in [0.2, 0.25) is 5.91 Å². The summed E-state index contributed by atoms with van der Waals surface area (Å²) in [5.74, 6) is 3.98. The highest BCUT2D eigenvalue weighted by molar-refractivity contribution is 6.32. The summed E-state index contributed by atoms with van der Waals surface area (Å²) in [5, 5.41) is 7.98. The molecule has 2 aromatic carbocycles. The molecule has 1 amide bonds. The number of carbonyl (C=O) groups is 1. The number of hydrogen-bond donors (Lipinski definition) is 1. The van der Waals surface area contributed by atoms with Gasteiger partial charge in [0, 0.05) is 17.9 Å². The lowest BCUT2D eigenvalue weighted by molar-refractivity contribution is -0.116. The largest absolute Gasteiger partial charge is 0.490 e. The first-order valence-corrected chi connectivity index (χ1v) is 9.95. The lowest BCUT2D eigenvalue weighted by atomic mass is 9.87. The van der Waals surface area contributed by atoms with Gasteiger partial charge in [0.05, 0.1) is 23.5 Å². The van der Waals surface area contributed by atoms with Crippen LogP contribution >= 0.6 is 11.6 Å². The van der Waals surface area contributed by atoms with Crippen LogP contribution in [0.1, 0.15) is 30.4 Å². The minimum Gasteiger partial charge on any atom is -0.490 e. The van der Waals surface area contributed by atoms with Gasteiger partial charge in [-0.3, -0.25) is 4.79 Å². The summed E-state index contributed by atoms with van der Waals surface area (Å²) in [7, 11) is 0. The number of ether oxygens (including phenoxy) is 2. The quantitative estimate of drug-likeness (QED) is 0.599. The van der Waals surface area contributed by atoms with Crippen LogP contribution in [0, 0.1) is 12.3 Å². The van der Waals surface area contributed by atoms with Gasteiger partial charge < -0.3 is 14.8 Å². The standard InChI is InChI=1S/C23H20ClN3O3/c1-3-11-30-20-10-9-15(12-21(20)29-4-2)16-13-22(28)26-23-17(16)14-25-27(23)19-8-6-5-7-18(19)24/h1,5-10,12,14,16H,4,11,13H2,2H3,(H,26,28). The van der Waals surface area contributed by atoms with Gasteiger partial charge in [0.15, 0.2) is 11.5 Å². The number of terminal acetylenes is 1. The molecule has 1 aromatic heterocycles. The van der Waals surface area contributed by atoms with Crippen molar-refractivity contribution in [1.82, 2.24) is 9.78 Å². The van der Waals surface area contributed by atoms with Crippen LogP contribution in [0.5, 0.6) is 11.5 Å². The molecule has 7 heteroatoms. The summed E-state index contributed by atoms with van der Waals surface area (Å²) in [6.45, 7) is 2.54. The fourth-order valence-corrected chi connectivity index (χ4v) is 3.79. The topological polar surface area (TPSA) is 65.4 Å². The lowest BCUT2D eigenvalue weighted by Gasteiger charge is -2.24. The molecule has 0 saturated carbocycles. The minimum absolute atomic E-state index is 0.0908. The van der Waals surface area contributed by atoms with E-state index in [1.807, 2.05) is 43.3 Å². The van der Waals surface area contributed by atoms with Crippen LogP contribution in [-0.4, -0.2) is 28.9 Å². The van der Waals surface area contributed by atoms with Crippen LogP contribution in [0.3, 0.4) is 0 Å². The summed E-state index contributed by atoms with van der Waals surface area (Å²) in [5.41, 5.74) is 2.55. The van der Waals surface area contributed by atoms with E-state index < -0.39 is 0 Å². The van der Waals surface area contributed by atoms with Gasteiger partial charge in [-0.15, -0.1) is 6.42 Å². The first-order valence-electron chi connectivity index (χ1n) is 9.58. The number of hydrogen-bond acceptors (Lipinski definition) is 4. The van der Waals surface area contributed by atoms with E-state index in [1.54, 1.807) is 16.9 Å². The monoisotopic (exact) mass is 421 g/mol. The molecule has 0 fully saturated rings. The van der Waals surface area contributed by atoms with Gasteiger partial charge in [0.1, 0.15) is 12.4 Å². The Kier molecular flexibility index (Phi) is 5.64. The second-order valence-electron chi connectivity index (χ2n) is 6.75. The predicted molar refractivity (Wildman–Crippen MR) is 116 cm³/mol. The van der Waals surface area contributed by atoms with E-state index in [1.165, 1.54) is 0 Å². The summed E-state index contributed by atoms with van der Waals surface area (Å²) < 4.78 is 13.0. The lowest BCUT2D eigenvalue weighted by Crippen LogP contribution is -2.24. The number of amides is 1. The van der Waals surface area contributed by atoms with E-state index >= 15 is 0 Å². The molecule has 1 unspecified atom stereocenters. The normalized spacial score (nSPS) is 15.1. The number of nitrogens with zero attached hydrogens (tertiary/aromatic N) is 2. The summed E-state index contributed by atoms with van der Waals surface area (Å²) >= 11 is 6.34. The molecule has 0 radical (unpaired) electrons. The van der Waals surface area contributed by atoms with Crippen molar-refractivity contribution in [3.8, 4) is 29.5 Å². The SMILES string of the molecule is C#CCOc1ccc(C2CC(=O)Nc3c2cnn3-c2ccccc2Cl)cc1OCC. The Hall–Kier alpha value is -3.43. The van der Waals surface area contributed by atoms with Crippen molar-refractivity contribution in [3.05, 3.63) is 64.8 Å². The first kappa shape index (κ1) is 19.9. The highest BCUT2D eigenvalue weighted by Gasteiger charge is 2.31. The number of rotatable bonds is 6. The summed E-state index contributed by atoms with van der Waals surface area (Å²) in [6, 6.07) is 13.0. The Morgan fingerprint density at radius 2 is 2.10 bits per heavy atom. The molecule has 1 atom stereocenters. The van der Waals surface area contributed by atoms with Crippen LogP contribution in [0.25, 0.3) is 5.69 Å². The summed E-state index contributed by atoms with van der Waals surface area (Å²) in [6.07, 6.45) is 7.37. The summed E-state index contributed by atoms with van der Waals surface area (Å²) in [4.78, 5) is 12.5. The van der Waals surface area contributed by atoms with Crippen LogP contribution in [0.4, 0.5) is 5.82 Å². The zero-order valence-corrected chi connectivity index (χ0v) is 17.1. The molecule has 0 saturated heterocycles. The van der Waals surface area contributed by atoms with E-state index in [0.717, 1.165) is 11.1 Å². The Bertz CT molecular complexity index is 1130. The molecular formula is C23H20ClN3O3. The minimum atomic E-state index is -0.175. The van der Waals surface area contributed by atoms with Gasteiger partial charge in [0.25, 0.3) is 0 Å². The number of anilines is 1. The maximum atomic E-state index is 12.5. The maximum Gasteiger partial charge on any atom is 0.226 e. The average molecular weight is 422 g/mol. The van der Waals surface area contributed by atoms with Gasteiger partial charge in [-0.2, -0.15) is 5.10 Å². The average Bonchev–Trinajstić information content (AvgIpc) is 3.16. The van der Waals surface area contributed by atoms with Gasteiger partial charge in [-0.1, -0.05) is 35.7 Å². The van der Waals surface area contributed by atoms with Crippen molar-refractivity contribution in [2.45, 2.75) is 19.3 Å². The van der Waals surface area contributed by atoms with Crippen molar-refractivity contribution < 1.29 is 14.3 Å². The fraction of sp³-hybridized carbons (Fsp3) is 0.217. The third-order valence-corrected chi connectivity index (χ3v) is 5.20. The molecule has 152 valence electrons. The molecular weight excluding hydrogens is 402 g/mol. The van der Waals surface area contributed by atoms with E-state index in [-0.39, 0.29) is 18.4 Å². The van der Waals surface area contributed by atoms with Crippen LogP contribution in [0.15, 0.2) is 48.7 Å². The van der Waals surface area contributed by atoms with Crippen molar-refractivity contribution in [2.75, 3.05) is 18.5 Å². The number of halogens is 1. The highest BCUT2D eigenvalue weighted by atomic mass is 35.5. The second kappa shape index (κ2) is 8.52. The Morgan fingerprint density at radius 3 is 2.87 bits per heavy atom. The number of nitrogens with one attached hydrogen (secondary N) is 1. The van der Waals surface area contributed by atoms with Crippen LogP contribution < -0.4 is 14.8 Å². The first-order chi connectivity index (χ1) is 14.6. The molecule has 1 aliphatic rings. The maximum absolute atomic E-state index is 12.5. The van der Waals surface area contributed by atoms with Crippen molar-refractivity contribution in [1.29, 1.82) is 0 Å². The highest BCUT2D eigenvalue weighted by Crippen LogP contribution is 2.41. The molecule has 4 rings (SSSR count). The number of carbonyl (C=O) groups excluding carboxylic acids is 1. The molecule has 0 spiro atoms. The van der Waals surface area contributed by atoms with E-state index in [4.69, 9.17) is 27.5 Å². The second-order valence-corrected chi connectivity index (χ2v) is 7.16. The van der Waals surface area contributed by atoms with E-state index in [2.05, 4.69) is 16.3 Å². The fourth-order valence-electron chi connectivity index (χ4n) is 3.57. The molecule has 0 bridgehead atoms. The molecule has 3 aromatic rings.